The third-order valence-corrected chi connectivity index (χ3v) is 3.72. The summed E-state index contributed by atoms with van der Waals surface area (Å²) in [7, 11) is 0. The Morgan fingerprint density at radius 1 is 1.40 bits per heavy atom. The predicted molar refractivity (Wildman–Crippen MR) is 77.5 cm³/mol. The van der Waals surface area contributed by atoms with Crippen LogP contribution in [0.2, 0.25) is 0 Å². The molecule has 1 aromatic rings. The van der Waals surface area contributed by atoms with Gasteiger partial charge in [0.05, 0.1) is 6.04 Å². The van der Waals surface area contributed by atoms with Gasteiger partial charge in [-0.25, -0.2) is 4.39 Å². The number of carbonyl (C=O) groups is 1. The highest BCUT2D eigenvalue weighted by Gasteiger charge is 2.34. The Kier molecular flexibility index (Phi) is 5.12. The van der Waals surface area contributed by atoms with E-state index in [1.807, 2.05) is 4.90 Å². The number of nitrogens with zero attached hydrogens (tertiary/aromatic N) is 1. The standard InChI is InChI=1S/C16H23FN2O/c1-2-3-4-15(18)16(20)19(14-9-10-14)11-12-5-7-13(17)8-6-12/h5-8,14-15H,2-4,9-11,18H2,1H3/t15-/m0/s1. The van der Waals surface area contributed by atoms with E-state index in [2.05, 4.69) is 6.92 Å². The molecule has 0 heterocycles. The summed E-state index contributed by atoms with van der Waals surface area (Å²) in [5.74, 6) is -0.219. The normalized spacial score (nSPS) is 15.9. The Morgan fingerprint density at radius 3 is 2.60 bits per heavy atom. The number of hydrogen-bond donors (Lipinski definition) is 1. The molecule has 4 heteroatoms. The van der Waals surface area contributed by atoms with E-state index in [0.29, 0.717) is 12.6 Å². The van der Waals surface area contributed by atoms with Crippen LogP contribution in [0.25, 0.3) is 0 Å². The highest BCUT2D eigenvalue weighted by atomic mass is 19.1. The van der Waals surface area contributed by atoms with Gasteiger partial charge in [-0.2, -0.15) is 0 Å². The fourth-order valence-corrected chi connectivity index (χ4v) is 2.32. The predicted octanol–water partition coefficient (Wildman–Crippen LogP) is 2.83. The van der Waals surface area contributed by atoms with Gasteiger partial charge in [0, 0.05) is 12.6 Å². The summed E-state index contributed by atoms with van der Waals surface area (Å²) >= 11 is 0. The first-order valence-electron chi connectivity index (χ1n) is 7.42. The molecule has 1 fully saturated rings. The zero-order valence-electron chi connectivity index (χ0n) is 12.0. The van der Waals surface area contributed by atoms with Gasteiger partial charge in [-0.3, -0.25) is 4.79 Å². The Hall–Kier alpha value is -1.42. The summed E-state index contributed by atoms with van der Waals surface area (Å²) in [6, 6.07) is 6.24. The van der Waals surface area contributed by atoms with Crippen LogP contribution in [0.5, 0.6) is 0 Å². The van der Waals surface area contributed by atoms with Crippen LogP contribution in [-0.4, -0.2) is 22.9 Å². The third kappa shape index (κ3) is 4.04. The molecule has 0 unspecified atom stereocenters. The van der Waals surface area contributed by atoms with Crippen LogP contribution < -0.4 is 5.73 Å². The lowest BCUT2D eigenvalue weighted by Gasteiger charge is -2.26. The van der Waals surface area contributed by atoms with Crippen LogP contribution >= 0.6 is 0 Å². The molecule has 2 rings (SSSR count). The summed E-state index contributed by atoms with van der Waals surface area (Å²) in [6.45, 7) is 2.62. The van der Waals surface area contributed by atoms with Crippen molar-refractivity contribution in [2.24, 2.45) is 5.73 Å². The van der Waals surface area contributed by atoms with Crippen molar-refractivity contribution in [3.63, 3.8) is 0 Å². The van der Waals surface area contributed by atoms with Crippen LogP contribution in [0, 0.1) is 5.82 Å². The Bertz CT molecular complexity index is 442. The van der Waals surface area contributed by atoms with Gasteiger partial charge in [-0.1, -0.05) is 31.9 Å². The molecule has 2 N–H and O–H groups in total. The molecule has 1 saturated carbocycles. The Balaban J connectivity index is 1.99. The molecule has 1 amide bonds. The molecule has 0 spiro atoms. The van der Waals surface area contributed by atoms with Gasteiger partial charge in [0.1, 0.15) is 5.82 Å². The van der Waals surface area contributed by atoms with Crippen LogP contribution in [0.3, 0.4) is 0 Å². The van der Waals surface area contributed by atoms with E-state index in [4.69, 9.17) is 5.73 Å². The number of unbranched alkanes of at least 4 members (excludes halogenated alkanes) is 1. The van der Waals surface area contributed by atoms with Gasteiger partial charge < -0.3 is 10.6 Å². The first-order chi connectivity index (χ1) is 9.61. The first kappa shape index (κ1) is 15.0. The summed E-state index contributed by atoms with van der Waals surface area (Å²) in [5, 5.41) is 0. The second kappa shape index (κ2) is 6.84. The van der Waals surface area contributed by atoms with Crippen LogP contribution in [0.15, 0.2) is 24.3 Å². The molecule has 0 bridgehead atoms. The summed E-state index contributed by atoms with van der Waals surface area (Å²) in [6.07, 6.45) is 4.85. The lowest BCUT2D eigenvalue weighted by Crippen LogP contribution is -2.44. The average molecular weight is 278 g/mol. The monoisotopic (exact) mass is 278 g/mol. The molecule has 1 aromatic carbocycles. The molecule has 3 nitrogen and oxygen atoms in total. The van der Waals surface area contributed by atoms with Crippen LogP contribution in [0.4, 0.5) is 4.39 Å². The lowest BCUT2D eigenvalue weighted by atomic mass is 10.1. The molecule has 110 valence electrons. The SMILES string of the molecule is CCCC[C@H](N)C(=O)N(Cc1ccc(F)cc1)C1CC1. The number of amides is 1. The van der Waals surface area contributed by atoms with E-state index in [0.717, 1.165) is 37.7 Å². The van der Waals surface area contributed by atoms with Gasteiger partial charge in [-0.15, -0.1) is 0 Å². The van der Waals surface area contributed by atoms with E-state index in [-0.39, 0.29) is 11.7 Å². The van der Waals surface area contributed by atoms with Crippen molar-refractivity contribution in [3.8, 4) is 0 Å². The molecule has 0 saturated heterocycles. The highest BCUT2D eigenvalue weighted by molar-refractivity contribution is 5.82. The number of halogens is 1. The quantitative estimate of drug-likeness (QED) is 0.833. The van der Waals surface area contributed by atoms with Crippen molar-refractivity contribution in [2.45, 2.75) is 57.7 Å². The summed E-state index contributed by atoms with van der Waals surface area (Å²) in [5.41, 5.74) is 6.95. The minimum Gasteiger partial charge on any atom is -0.334 e. The van der Waals surface area contributed by atoms with E-state index in [1.54, 1.807) is 12.1 Å². The van der Waals surface area contributed by atoms with Crippen molar-refractivity contribution in [1.82, 2.24) is 4.90 Å². The molecule has 0 aliphatic heterocycles. The van der Waals surface area contributed by atoms with Gasteiger partial charge in [0.2, 0.25) is 5.91 Å². The maximum Gasteiger partial charge on any atom is 0.240 e. The van der Waals surface area contributed by atoms with Crippen LogP contribution in [-0.2, 0) is 11.3 Å². The van der Waals surface area contributed by atoms with Crippen LogP contribution in [0.1, 0.15) is 44.6 Å². The molecule has 1 aliphatic rings. The first-order valence-corrected chi connectivity index (χ1v) is 7.42. The lowest BCUT2D eigenvalue weighted by molar-refractivity contribution is -0.134. The number of hydrogen-bond acceptors (Lipinski definition) is 2. The van der Waals surface area contributed by atoms with Crippen molar-refractivity contribution in [1.29, 1.82) is 0 Å². The smallest absolute Gasteiger partial charge is 0.240 e. The van der Waals surface area contributed by atoms with E-state index in [9.17, 15) is 9.18 Å². The van der Waals surface area contributed by atoms with Gasteiger partial charge >= 0.3 is 0 Å². The molecule has 1 atom stereocenters. The van der Waals surface area contributed by atoms with E-state index < -0.39 is 6.04 Å². The minimum absolute atomic E-state index is 0.0327. The third-order valence-electron chi connectivity index (χ3n) is 3.72. The van der Waals surface area contributed by atoms with E-state index >= 15 is 0 Å². The summed E-state index contributed by atoms with van der Waals surface area (Å²) < 4.78 is 12.9. The average Bonchev–Trinajstić information content (AvgIpc) is 3.28. The van der Waals surface area contributed by atoms with Crippen molar-refractivity contribution in [2.75, 3.05) is 0 Å². The molecular formula is C16H23FN2O. The maximum atomic E-state index is 12.9. The van der Waals surface area contributed by atoms with Crippen molar-refractivity contribution < 1.29 is 9.18 Å². The fourth-order valence-electron chi connectivity index (χ4n) is 2.32. The van der Waals surface area contributed by atoms with Gasteiger partial charge in [-0.05, 0) is 37.0 Å². The largest absolute Gasteiger partial charge is 0.334 e. The molecule has 20 heavy (non-hydrogen) atoms. The van der Waals surface area contributed by atoms with Crippen molar-refractivity contribution in [3.05, 3.63) is 35.6 Å². The van der Waals surface area contributed by atoms with Gasteiger partial charge in [0.25, 0.3) is 0 Å². The topological polar surface area (TPSA) is 46.3 Å². The fraction of sp³-hybridized carbons (Fsp3) is 0.562. The molecular weight excluding hydrogens is 255 g/mol. The minimum atomic E-state index is -0.406. The second-order valence-electron chi connectivity index (χ2n) is 5.57. The zero-order valence-corrected chi connectivity index (χ0v) is 12.0. The Labute approximate surface area is 120 Å². The number of carbonyl (C=O) groups excluding carboxylic acids is 1. The molecule has 0 aromatic heterocycles. The molecule has 1 aliphatic carbocycles. The number of nitrogens with two attached hydrogens (primary N) is 1. The molecule has 0 radical (unpaired) electrons. The second-order valence-corrected chi connectivity index (χ2v) is 5.57. The maximum absolute atomic E-state index is 12.9. The van der Waals surface area contributed by atoms with Gasteiger partial charge in [0.15, 0.2) is 0 Å². The zero-order chi connectivity index (χ0) is 14.5. The van der Waals surface area contributed by atoms with E-state index in [1.165, 1.54) is 12.1 Å². The highest BCUT2D eigenvalue weighted by Crippen LogP contribution is 2.29. The Morgan fingerprint density at radius 2 is 2.05 bits per heavy atom. The summed E-state index contributed by atoms with van der Waals surface area (Å²) in [4.78, 5) is 14.3. The number of benzene rings is 1. The van der Waals surface area contributed by atoms with Crippen molar-refractivity contribution >= 4 is 5.91 Å². The number of rotatable bonds is 7.